The SMILES string of the molecule is CC(=O)CC=C1CCC[C@@]2(S(=O)(=O)c3ccc(Cl)cc3)c3c(F)ccc(F)c3OCC12. The van der Waals surface area contributed by atoms with E-state index in [9.17, 15) is 17.6 Å². The van der Waals surface area contributed by atoms with Crippen LogP contribution in [0.2, 0.25) is 5.02 Å². The Balaban J connectivity index is 2.02. The lowest BCUT2D eigenvalue weighted by Gasteiger charge is -2.48. The van der Waals surface area contributed by atoms with E-state index in [-0.39, 0.29) is 41.4 Å². The van der Waals surface area contributed by atoms with Crippen molar-refractivity contribution in [2.45, 2.75) is 42.2 Å². The maximum absolute atomic E-state index is 15.2. The molecule has 1 heterocycles. The summed E-state index contributed by atoms with van der Waals surface area (Å²) < 4.78 is 61.8. The first-order valence-corrected chi connectivity index (χ1v) is 11.8. The number of benzene rings is 2. The number of hydrogen-bond acceptors (Lipinski definition) is 4. The van der Waals surface area contributed by atoms with Crippen molar-refractivity contribution in [2.24, 2.45) is 5.92 Å². The van der Waals surface area contributed by atoms with Crippen molar-refractivity contribution in [1.82, 2.24) is 0 Å². The first kappa shape index (κ1) is 22.0. The smallest absolute Gasteiger partial charge is 0.189 e. The molecule has 31 heavy (non-hydrogen) atoms. The van der Waals surface area contributed by atoms with E-state index in [0.717, 1.165) is 12.1 Å². The maximum atomic E-state index is 15.2. The molecule has 0 N–H and O–H groups in total. The van der Waals surface area contributed by atoms with Gasteiger partial charge in [0.1, 0.15) is 16.3 Å². The molecule has 0 saturated heterocycles. The van der Waals surface area contributed by atoms with Crippen LogP contribution in [0.3, 0.4) is 0 Å². The highest BCUT2D eigenvalue weighted by Gasteiger charge is 2.59. The van der Waals surface area contributed by atoms with E-state index in [4.69, 9.17) is 16.3 Å². The second-order valence-corrected chi connectivity index (χ2v) is 10.6. The van der Waals surface area contributed by atoms with Gasteiger partial charge in [-0.05, 0) is 62.6 Å². The molecule has 0 radical (unpaired) electrons. The average molecular weight is 467 g/mol. The molecule has 1 saturated carbocycles. The highest BCUT2D eigenvalue weighted by Crippen LogP contribution is 2.58. The Kier molecular flexibility index (Phi) is 5.68. The van der Waals surface area contributed by atoms with E-state index in [0.29, 0.717) is 23.4 Å². The van der Waals surface area contributed by atoms with E-state index in [1.54, 1.807) is 6.08 Å². The van der Waals surface area contributed by atoms with Gasteiger partial charge in [0, 0.05) is 17.4 Å². The minimum atomic E-state index is -4.20. The van der Waals surface area contributed by atoms with Gasteiger partial charge in [0.25, 0.3) is 0 Å². The zero-order chi connectivity index (χ0) is 22.4. The summed E-state index contributed by atoms with van der Waals surface area (Å²) in [6.45, 7) is 1.32. The molecule has 1 aliphatic heterocycles. The second kappa shape index (κ2) is 8.02. The third-order valence-corrected chi connectivity index (χ3v) is 8.95. The lowest BCUT2D eigenvalue weighted by molar-refractivity contribution is -0.116. The molecule has 8 heteroatoms. The lowest BCUT2D eigenvalue weighted by atomic mass is 9.70. The second-order valence-electron chi connectivity index (χ2n) is 7.98. The zero-order valence-corrected chi connectivity index (χ0v) is 18.4. The Hall–Kier alpha value is -2.25. The predicted molar refractivity (Wildman–Crippen MR) is 113 cm³/mol. The van der Waals surface area contributed by atoms with Crippen LogP contribution in [0.5, 0.6) is 5.75 Å². The molecule has 2 aliphatic rings. The average Bonchev–Trinajstić information content (AvgIpc) is 2.74. The Labute approximate surface area is 184 Å². The molecule has 0 bridgehead atoms. The van der Waals surface area contributed by atoms with Crippen LogP contribution in [0.1, 0.15) is 38.2 Å². The third-order valence-electron chi connectivity index (χ3n) is 6.16. The number of Topliss-reactive ketones (excluding diaryl/α,β-unsaturated/α-hetero) is 1. The number of halogens is 3. The number of ketones is 1. The molecule has 1 unspecified atom stereocenters. The molecule has 4 rings (SSSR count). The number of carbonyl (C=O) groups excluding carboxylic acids is 1. The Morgan fingerprint density at radius 1 is 1.19 bits per heavy atom. The topological polar surface area (TPSA) is 60.4 Å². The molecule has 2 atom stereocenters. The summed E-state index contributed by atoms with van der Waals surface area (Å²) in [7, 11) is -4.20. The fourth-order valence-electron chi connectivity index (χ4n) is 4.78. The molecule has 164 valence electrons. The molecule has 1 fully saturated rings. The molecule has 2 aromatic carbocycles. The van der Waals surface area contributed by atoms with E-state index in [1.807, 2.05) is 0 Å². The number of carbonyl (C=O) groups is 1. The van der Waals surface area contributed by atoms with E-state index in [1.165, 1.54) is 31.2 Å². The first-order valence-electron chi connectivity index (χ1n) is 9.98. The molecule has 0 amide bonds. The Morgan fingerprint density at radius 2 is 1.87 bits per heavy atom. The molecule has 2 aromatic rings. The number of sulfone groups is 1. The normalized spacial score (nSPS) is 24.3. The van der Waals surface area contributed by atoms with Gasteiger partial charge < -0.3 is 4.74 Å². The van der Waals surface area contributed by atoms with Gasteiger partial charge >= 0.3 is 0 Å². The van der Waals surface area contributed by atoms with Crippen LogP contribution in [-0.2, 0) is 19.4 Å². The highest BCUT2D eigenvalue weighted by molar-refractivity contribution is 7.92. The van der Waals surface area contributed by atoms with Crippen LogP contribution in [-0.4, -0.2) is 20.8 Å². The monoisotopic (exact) mass is 466 g/mol. The molecular weight excluding hydrogens is 446 g/mol. The largest absolute Gasteiger partial charge is 0.489 e. The first-order chi connectivity index (χ1) is 14.7. The van der Waals surface area contributed by atoms with Gasteiger partial charge in [0.15, 0.2) is 21.4 Å². The fraction of sp³-hybridized carbons (Fsp3) is 0.348. The van der Waals surface area contributed by atoms with Gasteiger partial charge in [0.2, 0.25) is 0 Å². The minimum absolute atomic E-state index is 0.0220. The van der Waals surface area contributed by atoms with Crippen LogP contribution in [0, 0.1) is 17.6 Å². The summed E-state index contributed by atoms with van der Waals surface area (Å²) in [6, 6.07) is 7.54. The molecule has 0 spiro atoms. The van der Waals surface area contributed by atoms with Crippen LogP contribution in [0.15, 0.2) is 52.9 Å². The quantitative estimate of drug-likeness (QED) is 0.567. The highest BCUT2D eigenvalue weighted by atomic mass is 35.5. The molecule has 0 aromatic heterocycles. The molecule has 4 nitrogen and oxygen atoms in total. The van der Waals surface area contributed by atoms with E-state index < -0.39 is 32.1 Å². The van der Waals surface area contributed by atoms with Crippen molar-refractivity contribution in [3.8, 4) is 5.75 Å². The van der Waals surface area contributed by atoms with Crippen LogP contribution in [0.25, 0.3) is 0 Å². The molecule has 1 aliphatic carbocycles. The summed E-state index contributed by atoms with van der Waals surface area (Å²) >= 11 is 5.94. The Morgan fingerprint density at radius 3 is 2.55 bits per heavy atom. The standard InChI is InChI=1S/C23H21ClF2O4S/c1-14(27)4-5-15-3-2-12-23(31(28,29)17-8-6-16(24)7-9-17)18(15)13-30-22-20(26)11-10-19(25)21(22)23/h5-11,18H,2-4,12-13H2,1H3/t18?,23-/m0/s1. The van der Waals surface area contributed by atoms with Gasteiger partial charge in [-0.25, -0.2) is 17.2 Å². The van der Waals surface area contributed by atoms with Crippen LogP contribution < -0.4 is 4.74 Å². The van der Waals surface area contributed by atoms with Crippen molar-refractivity contribution < 1.29 is 26.7 Å². The van der Waals surface area contributed by atoms with Crippen LogP contribution >= 0.6 is 11.6 Å². The van der Waals surface area contributed by atoms with Gasteiger partial charge in [-0.2, -0.15) is 0 Å². The summed E-state index contributed by atoms with van der Waals surface area (Å²) in [6.07, 6.45) is 2.97. The summed E-state index contributed by atoms with van der Waals surface area (Å²) in [5.41, 5.74) is 0.445. The summed E-state index contributed by atoms with van der Waals surface area (Å²) in [5.74, 6) is -2.81. The molecular formula is C23H21ClF2O4S. The number of fused-ring (bicyclic) bond motifs is 3. The van der Waals surface area contributed by atoms with Gasteiger partial charge in [-0.1, -0.05) is 23.3 Å². The van der Waals surface area contributed by atoms with Gasteiger partial charge in [0.05, 0.1) is 17.1 Å². The number of allylic oxidation sites excluding steroid dienone is 1. The predicted octanol–water partition coefficient (Wildman–Crippen LogP) is 5.39. The summed E-state index contributed by atoms with van der Waals surface area (Å²) in [5, 5.41) is 0.364. The van der Waals surface area contributed by atoms with Crippen molar-refractivity contribution in [1.29, 1.82) is 0 Å². The van der Waals surface area contributed by atoms with Crippen LogP contribution in [0.4, 0.5) is 8.78 Å². The van der Waals surface area contributed by atoms with Gasteiger partial charge in [-0.15, -0.1) is 0 Å². The number of rotatable bonds is 4. The number of ether oxygens (including phenoxy) is 1. The van der Waals surface area contributed by atoms with Crippen molar-refractivity contribution >= 4 is 27.2 Å². The third kappa shape index (κ3) is 3.48. The number of hydrogen-bond donors (Lipinski definition) is 0. The Bertz CT molecular complexity index is 1170. The zero-order valence-electron chi connectivity index (χ0n) is 16.8. The van der Waals surface area contributed by atoms with Crippen molar-refractivity contribution in [2.75, 3.05) is 6.61 Å². The minimum Gasteiger partial charge on any atom is -0.489 e. The van der Waals surface area contributed by atoms with Crippen molar-refractivity contribution in [3.05, 3.63) is 70.3 Å². The van der Waals surface area contributed by atoms with E-state index >= 15 is 4.39 Å². The van der Waals surface area contributed by atoms with E-state index in [2.05, 4.69) is 0 Å². The maximum Gasteiger partial charge on any atom is 0.189 e. The lowest BCUT2D eigenvalue weighted by Crippen LogP contribution is -2.51. The van der Waals surface area contributed by atoms with Crippen molar-refractivity contribution in [3.63, 3.8) is 0 Å². The fourth-order valence-corrected chi connectivity index (χ4v) is 7.29. The van der Waals surface area contributed by atoms with Gasteiger partial charge in [-0.3, -0.25) is 4.79 Å². The summed E-state index contributed by atoms with van der Waals surface area (Å²) in [4.78, 5) is 11.5.